The first-order valence-electron chi connectivity index (χ1n) is 5.79. The molecular formula is C14H19NO3. The zero-order valence-electron chi connectivity index (χ0n) is 11.2. The molecule has 1 aromatic rings. The molecule has 0 saturated heterocycles. The highest BCUT2D eigenvalue weighted by atomic mass is 16.4. The van der Waals surface area contributed by atoms with E-state index in [2.05, 4.69) is 0 Å². The van der Waals surface area contributed by atoms with Gasteiger partial charge in [-0.25, -0.2) is 0 Å². The number of amides is 1. The van der Waals surface area contributed by atoms with Crippen molar-refractivity contribution in [3.8, 4) is 0 Å². The van der Waals surface area contributed by atoms with Gasteiger partial charge in [0.1, 0.15) is 5.41 Å². The number of carbonyl (C=O) groups excluding carboxylic acids is 1. The van der Waals surface area contributed by atoms with E-state index in [0.29, 0.717) is 6.54 Å². The number of carboxylic acid groups (broad SMARTS) is 1. The molecule has 0 atom stereocenters. The fourth-order valence-electron chi connectivity index (χ4n) is 1.72. The van der Waals surface area contributed by atoms with Gasteiger partial charge in [0.25, 0.3) is 0 Å². The molecular weight excluding hydrogens is 230 g/mol. The summed E-state index contributed by atoms with van der Waals surface area (Å²) in [6.45, 7) is 5.23. The van der Waals surface area contributed by atoms with Crippen LogP contribution in [0, 0.1) is 12.3 Å². The number of carbonyl (C=O) groups is 2. The molecule has 4 heteroatoms. The van der Waals surface area contributed by atoms with Gasteiger partial charge in [0.15, 0.2) is 0 Å². The van der Waals surface area contributed by atoms with Gasteiger partial charge in [-0.3, -0.25) is 9.59 Å². The minimum absolute atomic E-state index is 0.392. The van der Waals surface area contributed by atoms with Crippen LogP contribution in [0.1, 0.15) is 25.0 Å². The third-order valence-corrected chi connectivity index (χ3v) is 2.92. The molecule has 0 aliphatic heterocycles. The molecule has 0 aromatic heterocycles. The zero-order valence-corrected chi connectivity index (χ0v) is 11.2. The number of aryl methyl sites for hydroxylation is 1. The van der Waals surface area contributed by atoms with E-state index in [4.69, 9.17) is 5.11 Å². The molecule has 0 aliphatic rings. The van der Waals surface area contributed by atoms with E-state index in [1.54, 1.807) is 7.05 Å². The number of aliphatic carboxylic acids is 1. The zero-order chi connectivity index (χ0) is 13.9. The normalized spacial score (nSPS) is 11.1. The Morgan fingerprint density at radius 1 is 1.33 bits per heavy atom. The van der Waals surface area contributed by atoms with E-state index in [0.717, 1.165) is 11.1 Å². The fourth-order valence-corrected chi connectivity index (χ4v) is 1.72. The number of hydrogen-bond acceptors (Lipinski definition) is 2. The van der Waals surface area contributed by atoms with E-state index >= 15 is 0 Å². The first-order valence-corrected chi connectivity index (χ1v) is 5.79. The van der Waals surface area contributed by atoms with Gasteiger partial charge in [-0.1, -0.05) is 29.8 Å². The fraction of sp³-hybridized carbons (Fsp3) is 0.429. The van der Waals surface area contributed by atoms with Crippen LogP contribution in [0.3, 0.4) is 0 Å². The lowest BCUT2D eigenvalue weighted by atomic mass is 9.92. The van der Waals surface area contributed by atoms with Crippen molar-refractivity contribution < 1.29 is 14.7 Å². The number of benzene rings is 1. The maximum absolute atomic E-state index is 12.0. The summed E-state index contributed by atoms with van der Waals surface area (Å²) >= 11 is 0. The predicted molar refractivity (Wildman–Crippen MR) is 69.1 cm³/mol. The van der Waals surface area contributed by atoms with Crippen LogP contribution in [0.2, 0.25) is 0 Å². The minimum Gasteiger partial charge on any atom is -0.480 e. The monoisotopic (exact) mass is 249 g/mol. The molecule has 1 aromatic carbocycles. The van der Waals surface area contributed by atoms with Crippen molar-refractivity contribution in [1.29, 1.82) is 0 Å². The molecule has 0 spiro atoms. The highest BCUT2D eigenvalue weighted by Crippen LogP contribution is 2.19. The summed E-state index contributed by atoms with van der Waals surface area (Å²) in [6, 6.07) is 7.81. The standard InChI is InChI=1S/C14H19NO3/c1-10-6-5-7-11(8-10)9-15(4)12(16)14(2,3)13(17)18/h5-8H,9H2,1-4H3,(H,17,18). The molecule has 0 heterocycles. The summed E-state index contributed by atoms with van der Waals surface area (Å²) in [5.74, 6) is -1.50. The topological polar surface area (TPSA) is 57.6 Å². The van der Waals surface area contributed by atoms with Gasteiger partial charge in [-0.15, -0.1) is 0 Å². The summed E-state index contributed by atoms with van der Waals surface area (Å²) in [7, 11) is 1.62. The van der Waals surface area contributed by atoms with Gasteiger partial charge < -0.3 is 10.0 Å². The SMILES string of the molecule is Cc1cccc(CN(C)C(=O)C(C)(C)C(=O)O)c1. The first-order chi connectivity index (χ1) is 8.25. The molecule has 0 aliphatic carbocycles. The Morgan fingerprint density at radius 3 is 2.44 bits per heavy atom. The highest BCUT2D eigenvalue weighted by Gasteiger charge is 2.38. The van der Waals surface area contributed by atoms with Crippen molar-refractivity contribution >= 4 is 11.9 Å². The molecule has 4 nitrogen and oxygen atoms in total. The molecule has 0 saturated carbocycles. The molecule has 0 unspecified atom stereocenters. The van der Waals surface area contributed by atoms with Crippen LogP contribution < -0.4 is 0 Å². The Bertz CT molecular complexity index is 466. The molecule has 1 amide bonds. The van der Waals surface area contributed by atoms with Crippen molar-refractivity contribution in [1.82, 2.24) is 4.90 Å². The molecule has 0 fully saturated rings. The van der Waals surface area contributed by atoms with Crippen molar-refractivity contribution in [2.75, 3.05) is 7.05 Å². The van der Waals surface area contributed by atoms with Gasteiger partial charge in [-0.2, -0.15) is 0 Å². The number of carboxylic acids is 1. The van der Waals surface area contributed by atoms with Crippen molar-refractivity contribution in [3.63, 3.8) is 0 Å². The second-order valence-electron chi connectivity index (χ2n) is 5.08. The smallest absolute Gasteiger partial charge is 0.318 e. The molecule has 0 radical (unpaired) electrons. The van der Waals surface area contributed by atoms with E-state index < -0.39 is 17.3 Å². The third kappa shape index (κ3) is 3.09. The first kappa shape index (κ1) is 14.2. The molecule has 98 valence electrons. The quantitative estimate of drug-likeness (QED) is 0.831. The van der Waals surface area contributed by atoms with Crippen molar-refractivity contribution in [3.05, 3.63) is 35.4 Å². The van der Waals surface area contributed by atoms with Gasteiger partial charge in [0.05, 0.1) is 0 Å². The van der Waals surface area contributed by atoms with Crippen LogP contribution in [0.15, 0.2) is 24.3 Å². The van der Waals surface area contributed by atoms with Crippen molar-refractivity contribution in [2.24, 2.45) is 5.41 Å². The second kappa shape index (κ2) is 5.21. The van der Waals surface area contributed by atoms with Crippen molar-refractivity contribution in [2.45, 2.75) is 27.3 Å². The Morgan fingerprint density at radius 2 is 1.94 bits per heavy atom. The Kier molecular flexibility index (Phi) is 4.11. The summed E-state index contributed by atoms with van der Waals surface area (Å²) < 4.78 is 0. The average molecular weight is 249 g/mol. The number of nitrogens with zero attached hydrogens (tertiary/aromatic N) is 1. The Labute approximate surface area is 107 Å². The van der Waals surface area contributed by atoms with E-state index in [1.807, 2.05) is 31.2 Å². The van der Waals surface area contributed by atoms with Gasteiger partial charge in [0, 0.05) is 13.6 Å². The molecule has 0 bridgehead atoms. The molecule has 1 N–H and O–H groups in total. The highest BCUT2D eigenvalue weighted by molar-refractivity contribution is 6.00. The molecule has 1 rings (SSSR count). The van der Waals surface area contributed by atoms with Gasteiger partial charge >= 0.3 is 5.97 Å². The van der Waals surface area contributed by atoms with Crippen LogP contribution in [-0.4, -0.2) is 28.9 Å². The van der Waals surface area contributed by atoms with E-state index in [-0.39, 0.29) is 0 Å². The van der Waals surface area contributed by atoms with Crippen LogP contribution in [-0.2, 0) is 16.1 Å². The average Bonchev–Trinajstić information content (AvgIpc) is 2.27. The van der Waals surface area contributed by atoms with Crippen LogP contribution >= 0.6 is 0 Å². The predicted octanol–water partition coefficient (Wildman–Crippen LogP) is 2.06. The minimum atomic E-state index is -1.39. The van der Waals surface area contributed by atoms with Gasteiger partial charge in [0.2, 0.25) is 5.91 Å². The summed E-state index contributed by atoms with van der Waals surface area (Å²) in [5, 5.41) is 9.02. The lowest BCUT2D eigenvalue weighted by Crippen LogP contribution is -2.43. The largest absolute Gasteiger partial charge is 0.480 e. The lowest BCUT2D eigenvalue weighted by molar-refractivity contribution is -0.157. The second-order valence-corrected chi connectivity index (χ2v) is 5.08. The lowest BCUT2D eigenvalue weighted by Gasteiger charge is -2.26. The maximum Gasteiger partial charge on any atom is 0.318 e. The maximum atomic E-state index is 12.0. The van der Waals surface area contributed by atoms with Crippen LogP contribution in [0.4, 0.5) is 0 Å². The summed E-state index contributed by atoms with van der Waals surface area (Å²) in [5.41, 5.74) is 0.719. The summed E-state index contributed by atoms with van der Waals surface area (Å²) in [4.78, 5) is 24.5. The van der Waals surface area contributed by atoms with Crippen LogP contribution in [0.25, 0.3) is 0 Å². The number of rotatable bonds is 4. The van der Waals surface area contributed by atoms with Crippen LogP contribution in [0.5, 0.6) is 0 Å². The van der Waals surface area contributed by atoms with E-state index in [1.165, 1.54) is 18.7 Å². The Hall–Kier alpha value is -1.84. The third-order valence-electron chi connectivity index (χ3n) is 2.92. The van der Waals surface area contributed by atoms with Gasteiger partial charge in [-0.05, 0) is 26.3 Å². The molecule has 18 heavy (non-hydrogen) atoms. The van der Waals surface area contributed by atoms with E-state index in [9.17, 15) is 9.59 Å². The Balaban J connectivity index is 2.80. The summed E-state index contributed by atoms with van der Waals surface area (Å²) in [6.07, 6.45) is 0. The number of hydrogen-bond donors (Lipinski definition) is 1.